The first-order valence-electron chi connectivity index (χ1n) is 4.84. The van der Waals surface area contributed by atoms with Crippen molar-refractivity contribution in [2.24, 2.45) is 10.6 Å². The Labute approximate surface area is 92.0 Å². The fourth-order valence-electron chi connectivity index (χ4n) is 1.24. The van der Waals surface area contributed by atoms with Gasteiger partial charge in [-0.1, -0.05) is 13.8 Å². The monoisotopic (exact) mass is 239 g/mol. The Morgan fingerprint density at radius 1 is 1.27 bits per heavy atom. The SMILES string of the molecule is COCCCOCC(C)(C)CS(N)(=O)=O. The molecule has 0 saturated carbocycles. The molecule has 0 fully saturated rings. The van der Waals surface area contributed by atoms with Crippen LogP contribution in [0.25, 0.3) is 0 Å². The van der Waals surface area contributed by atoms with Crippen molar-refractivity contribution in [3.05, 3.63) is 0 Å². The van der Waals surface area contributed by atoms with E-state index in [1.165, 1.54) is 0 Å². The first kappa shape index (κ1) is 14.8. The predicted octanol–water partition coefficient (Wildman–Crippen LogP) is 0.354. The number of rotatable bonds is 8. The molecule has 0 aromatic heterocycles. The Balaban J connectivity index is 3.75. The van der Waals surface area contributed by atoms with Crippen LogP contribution in [-0.2, 0) is 19.5 Å². The van der Waals surface area contributed by atoms with Gasteiger partial charge in [0.1, 0.15) is 0 Å². The van der Waals surface area contributed by atoms with Gasteiger partial charge in [-0.3, -0.25) is 0 Å². The molecular weight excluding hydrogens is 218 g/mol. The zero-order valence-electron chi connectivity index (χ0n) is 9.65. The molecule has 0 unspecified atom stereocenters. The van der Waals surface area contributed by atoms with Crippen molar-refractivity contribution in [2.45, 2.75) is 20.3 Å². The number of ether oxygens (including phenoxy) is 2. The molecule has 0 rings (SSSR count). The molecule has 6 heteroatoms. The van der Waals surface area contributed by atoms with Crippen molar-refractivity contribution >= 4 is 10.0 Å². The lowest BCUT2D eigenvalue weighted by Crippen LogP contribution is -2.32. The van der Waals surface area contributed by atoms with Gasteiger partial charge < -0.3 is 9.47 Å². The summed E-state index contributed by atoms with van der Waals surface area (Å²) in [7, 11) is -1.80. The fraction of sp³-hybridized carbons (Fsp3) is 1.00. The maximum atomic E-state index is 10.9. The third-order valence-corrected chi connectivity index (χ3v) is 2.91. The number of sulfonamides is 1. The summed E-state index contributed by atoms with van der Waals surface area (Å²) in [6.45, 7) is 5.23. The molecular formula is C9H21NO4S. The summed E-state index contributed by atoms with van der Waals surface area (Å²) in [5.41, 5.74) is -0.444. The van der Waals surface area contributed by atoms with Crippen molar-refractivity contribution < 1.29 is 17.9 Å². The van der Waals surface area contributed by atoms with Crippen LogP contribution in [0.5, 0.6) is 0 Å². The highest BCUT2D eigenvalue weighted by Gasteiger charge is 2.24. The van der Waals surface area contributed by atoms with Crippen molar-refractivity contribution in [3.63, 3.8) is 0 Å². The Morgan fingerprint density at radius 2 is 1.87 bits per heavy atom. The van der Waals surface area contributed by atoms with Crippen LogP contribution in [0.15, 0.2) is 0 Å². The second kappa shape index (κ2) is 6.42. The molecule has 0 aromatic carbocycles. The molecule has 0 atom stereocenters. The van der Waals surface area contributed by atoms with Gasteiger partial charge in [0, 0.05) is 25.7 Å². The van der Waals surface area contributed by atoms with Crippen LogP contribution in [0.3, 0.4) is 0 Å². The van der Waals surface area contributed by atoms with Gasteiger partial charge in [0.2, 0.25) is 10.0 Å². The Bertz CT molecular complexity index is 261. The van der Waals surface area contributed by atoms with E-state index in [-0.39, 0.29) is 5.75 Å². The molecule has 0 aromatic rings. The van der Waals surface area contributed by atoms with Crippen molar-refractivity contribution in [1.29, 1.82) is 0 Å². The highest BCUT2D eigenvalue weighted by atomic mass is 32.2. The van der Waals surface area contributed by atoms with E-state index < -0.39 is 15.4 Å². The summed E-state index contributed by atoms with van der Waals surface area (Å²) in [6, 6.07) is 0. The van der Waals surface area contributed by atoms with E-state index in [9.17, 15) is 8.42 Å². The Hall–Kier alpha value is -0.170. The van der Waals surface area contributed by atoms with E-state index in [1.807, 2.05) is 13.8 Å². The Kier molecular flexibility index (Phi) is 6.35. The van der Waals surface area contributed by atoms with Crippen LogP contribution in [0.4, 0.5) is 0 Å². The molecule has 0 bridgehead atoms. The smallest absolute Gasteiger partial charge is 0.209 e. The van der Waals surface area contributed by atoms with Gasteiger partial charge in [-0.25, -0.2) is 13.6 Å². The zero-order chi connectivity index (χ0) is 11.9. The second-order valence-electron chi connectivity index (χ2n) is 4.37. The first-order valence-corrected chi connectivity index (χ1v) is 6.55. The second-order valence-corrected chi connectivity index (χ2v) is 5.98. The van der Waals surface area contributed by atoms with Crippen LogP contribution < -0.4 is 5.14 Å². The lowest BCUT2D eigenvalue weighted by atomic mass is 9.98. The van der Waals surface area contributed by atoms with Crippen LogP contribution in [-0.4, -0.2) is 41.1 Å². The molecule has 15 heavy (non-hydrogen) atoms. The molecule has 0 aliphatic rings. The molecule has 5 nitrogen and oxygen atoms in total. The van der Waals surface area contributed by atoms with Crippen LogP contribution in [0, 0.1) is 5.41 Å². The van der Waals surface area contributed by atoms with Crippen LogP contribution in [0.2, 0.25) is 0 Å². The van der Waals surface area contributed by atoms with Crippen LogP contribution in [0.1, 0.15) is 20.3 Å². The van der Waals surface area contributed by atoms with Gasteiger partial charge in [0.05, 0.1) is 12.4 Å². The summed E-state index contributed by atoms with van der Waals surface area (Å²) < 4.78 is 32.0. The number of hydrogen-bond acceptors (Lipinski definition) is 4. The molecule has 0 aliphatic heterocycles. The summed E-state index contributed by atoms with van der Waals surface area (Å²) in [6.07, 6.45) is 0.807. The summed E-state index contributed by atoms with van der Waals surface area (Å²) in [5.74, 6) is -0.0652. The van der Waals surface area contributed by atoms with E-state index in [0.717, 1.165) is 6.42 Å². The molecule has 0 spiro atoms. The van der Waals surface area contributed by atoms with Crippen molar-refractivity contribution in [3.8, 4) is 0 Å². The van der Waals surface area contributed by atoms with E-state index >= 15 is 0 Å². The molecule has 0 heterocycles. The highest BCUT2D eigenvalue weighted by Crippen LogP contribution is 2.17. The van der Waals surface area contributed by atoms with Crippen molar-refractivity contribution in [1.82, 2.24) is 0 Å². The van der Waals surface area contributed by atoms with Crippen molar-refractivity contribution in [2.75, 3.05) is 32.7 Å². The molecule has 0 amide bonds. The largest absolute Gasteiger partial charge is 0.385 e. The maximum Gasteiger partial charge on any atom is 0.209 e. The lowest BCUT2D eigenvalue weighted by Gasteiger charge is -2.22. The third-order valence-electron chi connectivity index (χ3n) is 1.72. The predicted molar refractivity (Wildman–Crippen MR) is 59.1 cm³/mol. The normalized spacial score (nSPS) is 13.1. The van der Waals surface area contributed by atoms with Gasteiger partial charge in [-0.15, -0.1) is 0 Å². The minimum atomic E-state index is -3.43. The minimum absolute atomic E-state index is 0.0652. The zero-order valence-corrected chi connectivity index (χ0v) is 10.5. The maximum absolute atomic E-state index is 10.9. The quantitative estimate of drug-likeness (QED) is 0.620. The molecule has 92 valence electrons. The number of methoxy groups -OCH3 is 1. The summed E-state index contributed by atoms with van der Waals surface area (Å²) in [4.78, 5) is 0. The lowest BCUT2D eigenvalue weighted by molar-refractivity contribution is 0.0575. The average Bonchev–Trinajstić information content (AvgIpc) is 1.99. The highest BCUT2D eigenvalue weighted by molar-refractivity contribution is 7.89. The molecule has 0 radical (unpaired) electrons. The minimum Gasteiger partial charge on any atom is -0.385 e. The number of hydrogen-bond donors (Lipinski definition) is 1. The Morgan fingerprint density at radius 3 is 2.33 bits per heavy atom. The molecule has 0 saturated heterocycles. The van der Waals surface area contributed by atoms with Gasteiger partial charge >= 0.3 is 0 Å². The van der Waals surface area contributed by atoms with Gasteiger partial charge in [0.25, 0.3) is 0 Å². The van der Waals surface area contributed by atoms with Gasteiger partial charge in [-0.05, 0) is 6.42 Å². The molecule has 2 N–H and O–H groups in total. The van der Waals surface area contributed by atoms with E-state index in [1.54, 1.807) is 7.11 Å². The molecule has 0 aliphatic carbocycles. The summed E-state index contributed by atoms with van der Waals surface area (Å²) in [5, 5.41) is 4.97. The first-order chi connectivity index (χ1) is 6.77. The average molecular weight is 239 g/mol. The number of primary sulfonamides is 1. The summed E-state index contributed by atoms with van der Waals surface area (Å²) >= 11 is 0. The number of nitrogens with two attached hydrogens (primary N) is 1. The van der Waals surface area contributed by atoms with E-state index in [2.05, 4.69) is 0 Å². The topological polar surface area (TPSA) is 78.6 Å². The van der Waals surface area contributed by atoms with E-state index in [4.69, 9.17) is 14.6 Å². The fourth-order valence-corrected chi connectivity index (χ4v) is 2.41. The van der Waals surface area contributed by atoms with Crippen LogP contribution >= 0.6 is 0 Å². The standard InChI is InChI=1S/C9H21NO4S/c1-9(2,8-15(10,11)12)7-14-6-4-5-13-3/h4-8H2,1-3H3,(H2,10,11,12). The third kappa shape index (κ3) is 10.1. The van der Waals surface area contributed by atoms with Gasteiger partial charge in [0.15, 0.2) is 0 Å². The van der Waals surface area contributed by atoms with Gasteiger partial charge in [-0.2, -0.15) is 0 Å². The van der Waals surface area contributed by atoms with E-state index in [0.29, 0.717) is 19.8 Å².